The first-order valence-corrected chi connectivity index (χ1v) is 7.38. The van der Waals surface area contributed by atoms with Gasteiger partial charge < -0.3 is 9.47 Å². The molecule has 1 heterocycles. The first kappa shape index (κ1) is 15.6. The van der Waals surface area contributed by atoms with E-state index in [2.05, 4.69) is 10.3 Å². The summed E-state index contributed by atoms with van der Waals surface area (Å²) in [5.41, 5.74) is 3.22. The van der Waals surface area contributed by atoms with Gasteiger partial charge in [-0.25, -0.2) is 4.68 Å². The quantitative estimate of drug-likeness (QED) is 0.738. The van der Waals surface area contributed by atoms with Gasteiger partial charge in [0.1, 0.15) is 0 Å². The molecule has 0 amide bonds. The van der Waals surface area contributed by atoms with Crippen molar-refractivity contribution in [1.82, 2.24) is 15.0 Å². The Morgan fingerprint density at radius 2 is 1.90 bits per heavy atom. The maximum atomic E-state index is 5.69. The summed E-state index contributed by atoms with van der Waals surface area (Å²) in [6.07, 6.45) is 3.73. The van der Waals surface area contributed by atoms with Gasteiger partial charge >= 0.3 is 0 Å². The van der Waals surface area contributed by atoms with E-state index in [1.54, 1.807) is 14.2 Å². The highest BCUT2D eigenvalue weighted by molar-refractivity contribution is 6.17. The van der Waals surface area contributed by atoms with Gasteiger partial charge in [0.25, 0.3) is 0 Å². The monoisotopic (exact) mass is 309 g/mol. The Morgan fingerprint density at radius 1 is 1.19 bits per heavy atom. The summed E-state index contributed by atoms with van der Waals surface area (Å²) in [6.45, 7) is 2.70. The summed E-state index contributed by atoms with van der Waals surface area (Å²) >= 11 is 5.69. The molecule has 0 spiro atoms. The van der Waals surface area contributed by atoms with Crippen molar-refractivity contribution in [3.05, 3.63) is 35.2 Å². The number of ether oxygens (including phenoxy) is 2. The molecule has 0 saturated carbocycles. The standard InChI is InChI=1S/C15H20ClN3O2/c1-11-7-14(20-2)15(21-3)8-12(11)9-19-10-13(17-18-19)5-4-6-16/h7-8,10H,4-6,9H2,1-3H3. The molecule has 6 heteroatoms. The first-order chi connectivity index (χ1) is 10.2. The topological polar surface area (TPSA) is 49.2 Å². The lowest BCUT2D eigenvalue weighted by atomic mass is 10.1. The molecule has 0 radical (unpaired) electrons. The molecule has 0 aliphatic heterocycles. The summed E-state index contributed by atoms with van der Waals surface area (Å²) in [6, 6.07) is 3.95. The van der Waals surface area contributed by atoms with Crippen molar-refractivity contribution in [1.29, 1.82) is 0 Å². The fraction of sp³-hybridized carbons (Fsp3) is 0.467. The van der Waals surface area contributed by atoms with E-state index in [9.17, 15) is 0 Å². The SMILES string of the molecule is COc1cc(C)c(Cn2cc(CCCCl)nn2)cc1OC. The second-order valence-corrected chi connectivity index (χ2v) is 5.21. The fourth-order valence-corrected chi connectivity index (χ4v) is 2.28. The molecule has 0 atom stereocenters. The van der Waals surface area contributed by atoms with E-state index in [0.29, 0.717) is 12.4 Å². The van der Waals surface area contributed by atoms with Crippen LogP contribution in [0, 0.1) is 6.92 Å². The zero-order valence-electron chi connectivity index (χ0n) is 12.6. The Labute approximate surface area is 129 Å². The Hall–Kier alpha value is -1.75. The van der Waals surface area contributed by atoms with Gasteiger partial charge in [-0.1, -0.05) is 5.21 Å². The lowest BCUT2D eigenvalue weighted by Crippen LogP contribution is -2.03. The van der Waals surface area contributed by atoms with E-state index in [0.717, 1.165) is 41.2 Å². The van der Waals surface area contributed by atoms with Crippen molar-refractivity contribution in [3.63, 3.8) is 0 Å². The predicted molar refractivity (Wildman–Crippen MR) is 82.4 cm³/mol. The minimum absolute atomic E-state index is 0.641. The Kier molecular flexibility index (Phi) is 5.44. The zero-order chi connectivity index (χ0) is 15.2. The zero-order valence-corrected chi connectivity index (χ0v) is 13.4. The van der Waals surface area contributed by atoms with Gasteiger partial charge in [0.05, 0.1) is 26.5 Å². The van der Waals surface area contributed by atoms with Gasteiger partial charge in [-0.05, 0) is 43.0 Å². The van der Waals surface area contributed by atoms with Crippen molar-refractivity contribution < 1.29 is 9.47 Å². The van der Waals surface area contributed by atoms with Gasteiger partial charge in [0.15, 0.2) is 11.5 Å². The number of hydrogen-bond acceptors (Lipinski definition) is 4. The van der Waals surface area contributed by atoms with Crippen LogP contribution in [0.1, 0.15) is 23.2 Å². The smallest absolute Gasteiger partial charge is 0.161 e. The largest absolute Gasteiger partial charge is 0.493 e. The van der Waals surface area contributed by atoms with Crippen LogP contribution in [-0.4, -0.2) is 35.1 Å². The van der Waals surface area contributed by atoms with E-state index >= 15 is 0 Å². The van der Waals surface area contributed by atoms with Crippen molar-refractivity contribution in [2.24, 2.45) is 0 Å². The molecule has 21 heavy (non-hydrogen) atoms. The van der Waals surface area contributed by atoms with Crippen molar-refractivity contribution in [2.75, 3.05) is 20.1 Å². The third-order valence-corrected chi connectivity index (χ3v) is 3.59. The van der Waals surface area contributed by atoms with Gasteiger partial charge in [0.2, 0.25) is 0 Å². The molecule has 0 fully saturated rings. The summed E-state index contributed by atoms with van der Waals surface area (Å²) in [5, 5.41) is 8.31. The minimum atomic E-state index is 0.641. The second-order valence-electron chi connectivity index (χ2n) is 4.83. The van der Waals surface area contributed by atoms with Crippen molar-refractivity contribution in [3.8, 4) is 11.5 Å². The van der Waals surface area contributed by atoms with E-state index in [4.69, 9.17) is 21.1 Å². The summed E-state index contributed by atoms with van der Waals surface area (Å²) < 4.78 is 12.5. The molecular formula is C15H20ClN3O2. The first-order valence-electron chi connectivity index (χ1n) is 6.84. The van der Waals surface area contributed by atoms with Crippen LogP contribution in [0.4, 0.5) is 0 Å². The van der Waals surface area contributed by atoms with Crippen LogP contribution in [0.2, 0.25) is 0 Å². The van der Waals surface area contributed by atoms with E-state index in [1.807, 2.05) is 29.9 Å². The lowest BCUT2D eigenvalue weighted by molar-refractivity contribution is 0.354. The average Bonchev–Trinajstić information content (AvgIpc) is 2.94. The number of aryl methyl sites for hydroxylation is 2. The van der Waals surface area contributed by atoms with Crippen LogP contribution in [-0.2, 0) is 13.0 Å². The van der Waals surface area contributed by atoms with Gasteiger partial charge in [0, 0.05) is 12.1 Å². The summed E-state index contributed by atoms with van der Waals surface area (Å²) in [7, 11) is 3.27. The minimum Gasteiger partial charge on any atom is -0.493 e. The van der Waals surface area contributed by atoms with E-state index in [-0.39, 0.29) is 0 Å². The number of methoxy groups -OCH3 is 2. The molecule has 0 saturated heterocycles. The normalized spacial score (nSPS) is 10.7. The second kappa shape index (κ2) is 7.31. The predicted octanol–water partition coefficient (Wildman–Crippen LogP) is 2.82. The van der Waals surface area contributed by atoms with Crippen LogP contribution in [0.25, 0.3) is 0 Å². The summed E-state index contributed by atoms with van der Waals surface area (Å²) in [4.78, 5) is 0. The number of alkyl halides is 1. The molecule has 0 aliphatic carbocycles. The third kappa shape index (κ3) is 3.88. The van der Waals surface area contributed by atoms with Crippen LogP contribution in [0.5, 0.6) is 11.5 Å². The number of aromatic nitrogens is 3. The molecule has 1 aromatic heterocycles. The maximum absolute atomic E-state index is 5.69. The molecule has 114 valence electrons. The number of rotatable bonds is 7. The Balaban J connectivity index is 2.17. The Morgan fingerprint density at radius 3 is 2.57 bits per heavy atom. The average molecular weight is 310 g/mol. The molecule has 2 aromatic rings. The highest BCUT2D eigenvalue weighted by Gasteiger charge is 2.10. The number of hydrogen-bond donors (Lipinski definition) is 0. The van der Waals surface area contributed by atoms with Crippen molar-refractivity contribution in [2.45, 2.75) is 26.3 Å². The molecular weight excluding hydrogens is 290 g/mol. The molecule has 1 aromatic carbocycles. The number of nitrogens with zero attached hydrogens (tertiary/aromatic N) is 3. The number of benzene rings is 1. The van der Waals surface area contributed by atoms with Crippen LogP contribution in [0.15, 0.2) is 18.3 Å². The van der Waals surface area contributed by atoms with E-state index < -0.39 is 0 Å². The third-order valence-electron chi connectivity index (χ3n) is 3.33. The molecule has 0 aliphatic rings. The van der Waals surface area contributed by atoms with Crippen LogP contribution in [0.3, 0.4) is 0 Å². The lowest BCUT2D eigenvalue weighted by Gasteiger charge is -2.12. The van der Waals surface area contributed by atoms with Gasteiger partial charge in [-0.3, -0.25) is 0 Å². The fourth-order valence-electron chi connectivity index (χ4n) is 2.15. The Bertz CT molecular complexity index is 599. The van der Waals surface area contributed by atoms with Crippen LogP contribution >= 0.6 is 11.6 Å². The molecule has 0 N–H and O–H groups in total. The molecule has 0 bridgehead atoms. The van der Waals surface area contributed by atoms with Gasteiger partial charge in [-0.2, -0.15) is 0 Å². The van der Waals surface area contributed by atoms with E-state index in [1.165, 1.54) is 0 Å². The highest BCUT2D eigenvalue weighted by atomic mass is 35.5. The number of halogens is 1. The van der Waals surface area contributed by atoms with Gasteiger partial charge in [-0.15, -0.1) is 16.7 Å². The maximum Gasteiger partial charge on any atom is 0.161 e. The molecule has 5 nitrogen and oxygen atoms in total. The summed E-state index contributed by atoms with van der Waals surface area (Å²) in [5.74, 6) is 2.10. The molecule has 0 unspecified atom stereocenters. The van der Waals surface area contributed by atoms with Crippen molar-refractivity contribution >= 4 is 11.6 Å². The molecule has 2 rings (SSSR count). The van der Waals surface area contributed by atoms with Crippen LogP contribution < -0.4 is 9.47 Å². The highest BCUT2D eigenvalue weighted by Crippen LogP contribution is 2.30.